The monoisotopic (exact) mass is 305 g/mol. The van der Waals surface area contributed by atoms with Crippen molar-refractivity contribution in [2.75, 3.05) is 45.5 Å². The van der Waals surface area contributed by atoms with Crippen molar-refractivity contribution in [3.8, 4) is 0 Å². The maximum absolute atomic E-state index is 11.8. The van der Waals surface area contributed by atoms with Crippen LogP contribution in [-0.2, 0) is 10.0 Å². The zero-order valence-electron chi connectivity index (χ0n) is 13.4. The molecule has 1 aliphatic rings. The first-order valence-corrected chi connectivity index (χ1v) is 9.39. The van der Waals surface area contributed by atoms with Crippen molar-refractivity contribution in [2.24, 2.45) is 5.92 Å². The standard InChI is InChI=1S/C14H31N3O2S/c1-5-10-20(18,19)15-12-14(11-13(2)3)17-8-6-16(4)7-9-17/h13-15H,5-12H2,1-4H3. The van der Waals surface area contributed by atoms with E-state index in [2.05, 4.69) is 35.4 Å². The minimum absolute atomic E-state index is 0.226. The summed E-state index contributed by atoms with van der Waals surface area (Å²) in [5.74, 6) is 0.805. The molecule has 1 rings (SSSR count). The molecule has 0 amide bonds. The highest BCUT2D eigenvalue weighted by atomic mass is 32.2. The smallest absolute Gasteiger partial charge is 0.211 e. The van der Waals surface area contributed by atoms with Gasteiger partial charge in [-0.3, -0.25) is 4.90 Å². The highest BCUT2D eigenvalue weighted by molar-refractivity contribution is 7.89. The van der Waals surface area contributed by atoms with Crippen LogP contribution in [0.3, 0.4) is 0 Å². The quantitative estimate of drug-likeness (QED) is 0.726. The Bertz CT molecular complexity index is 363. The molecule has 120 valence electrons. The van der Waals surface area contributed by atoms with Gasteiger partial charge in [0.15, 0.2) is 0 Å². The normalized spacial score (nSPS) is 20.4. The Balaban J connectivity index is 2.56. The lowest BCUT2D eigenvalue weighted by molar-refractivity contribution is 0.102. The molecule has 1 N–H and O–H groups in total. The largest absolute Gasteiger partial charge is 0.304 e. The van der Waals surface area contributed by atoms with Crippen LogP contribution in [0.25, 0.3) is 0 Å². The minimum Gasteiger partial charge on any atom is -0.304 e. The van der Waals surface area contributed by atoms with E-state index in [0.717, 1.165) is 32.6 Å². The molecule has 1 saturated heterocycles. The number of hydrogen-bond donors (Lipinski definition) is 1. The lowest BCUT2D eigenvalue weighted by atomic mass is 10.0. The summed E-state index contributed by atoms with van der Waals surface area (Å²) in [5, 5.41) is 0. The van der Waals surface area contributed by atoms with E-state index in [1.165, 1.54) is 0 Å². The van der Waals surface area contributed by atoms with Gasteiger partial charge >= 0.3 is 0 Å². The molecule has 0 aromatic carbocycles. The second-order valence-electron chi connectivity index (χ2n) is 6.29. The Labute approximate surface area is 124 Å². The number of likely N-dealkylation sites (N-methyl/N-ethyl adjacent to an activating group) is 1. The lowest BCUT2D eigenvalue weighted by Crippen LogP contribution is -2.52. The summed E-state index contributed by atoms with van der Waals surface area (Å²) in [6, 6.07) is 0.315. The molecule has 0 saturated carbocycles. The van der Waals surface area contributed by atoms with Gasteiger partial charge in [0.2, 0.25) is 10.0 Å². The van der Waals surface area contributed by atoms with Crippen LogP contribution in [0, 0.1) is 5.92 Å². The van der Waals surface area contributed by atoms with Gasteiger partial charge in [-0.2, -0.15) is 0 Å². The molecule has 1 aliphatic heterocycles. The van der Waals surface area contributed by atoms with Crippen molar-refractivity contribution in [3.05, 3.63) is 0 Å². The van der Waals surface area contributed by atoms with E-state index in [0.29, 0.717) is 24.9 Å². The average molecular weight is 305 g/mol. The zero-order valence-corrected chi connectivity index (χ0v) is 14.2. The number of nitrogens with zero attached hydrogens (tertiary/aromatic N) is 2. The Morgan fingerprint density at radius 1 is 1.15 bits per heavy atom. The predicted octanol–water partition coefficient (Wildman–Crippen LogP) is 0.978. The fraction of sp³-hybridized carbons (Fsp3) is 1.00. The SMILES string of the molecule is CCCS(=O)(=O)NCC(CC(C)C)N1CCN(C)CC1. The fourth-order valence-electron chi connectivity index (χ4n) is 2.66. The van der Waals surface area contributed by atoms with Crippen molar-refractivity contribution in [1.82, 2.24) is 14.5 Å². The Hall–Kier alpha value is -0.170. The number of hydrogen-bond acceptors (Lipinski definition) is 4. The maximum Gasteiger partial charge on any atom is 0.211 e. The maximum atomic E-state index is 11.8. The van der Waals surface area contributed by atoms with Gasteiger partial charge < -0.3 is 4.90 Å². The summed E-state index contributed by atoms with van der Waals surface area (Å²) >= 11 is 0. The van der Waals surface area contributed by atoms with Crippen LogP contribution in [0.2, 0.25) is 0 Å². The third-order valence-corrected chi connectivity index (χ3v) is 5.36. The van der Waals surface area contributed by atoms with Gasteiger partial charge in [0.05, 0.1) is 5.75 Å². The highest BCUT2D eigenvalue weighted by Crippen LogP contribution is 2.13. The summed E-state index contributed by atoms with van der Waals surface area (Å²) < 4.78 is 26.4. The molecule has 0 radical (unpaired) electrons. The van der Waals surface area contributed by atoms with Gasteiger partial charge in [0.1, 0.15) is 0 Å². The summed E-state index contributed by atoms with van der Waals surface area (Å²) in [7, 11) is -0.961. The molecule has 1 fully saturated rings. The number of rotatable bonds is 8. The average Bonchev–Trinajstić information content (AvgIpc) is 2.35. The van der Waals surface area contributed by atoms with E-state index in [1.807, 2.05) is 6.92 Å². The number of nitrogens with one attached hydrogen (secondary N) is 1. The van der Waals surface area contributed by atoms with Crippen LogP contribution in [-0.4, -0.2) is 69.8 Å². The Morgan fingerprint density at radius 2 is 1.75 bits per heavy atom. The molecule has 0 aromatic rings. The van der Waals surface area contributed by atoms with E-state index < -0.39 is 10.0 Å². The Kier molecular flexibility index (Phi) is 7.43. The van der Waals surface area contributed by atoms with E-state index in [4.69, 9.17) is 0 Å². The molecule has 0 aromatic heterocycles. The molecule has 1 heterocycles. The van der Waals surface area contributed by atoms with Crippen molar-refractivity contribution in [2.45, 2.75) is 39.7 Å². The second-order valence-corrected chi connectivity index (χ2v) is 8.22. The molecule has 1 atom stereocenters. The predicted molar refractivity (Wildman–Crippen MR) is 84.4 cm³/mol. The van der Waals surface area contributed by atoms with E-state index in [1.54, 1.807) is 0 Å². The summed E-state index contributed by atoms with van der Waals surface area (Å²) in [4.78, 5) is 4.76. The number of sulfonamides is 1. The molecule has 0 bridgehead atoms. The third-order valence-electron chi connectivity index (χ3n) is 3.81. The number of piperazine rings is 1. The van der Waals surface area contributed by atoms with E-state index in [9.17, 15) is 8.42 Å². The lowest BCUT2D eigenvalue weighted by Gasteiger charge is -2.38. The van der Waals surface area contributed by atoms with Crippen LogP contribution in [0.4, 0.5) is 0 Å². The Morgan fingerprint density at radius 3 is 2.25 bits per heavy atom. The second kappa shape index (κ2) is 8.32. The van der Waals surface area contributed by atoms with Crippen LogP contribution < -0.4 is 4.72 Å². The summed E-state index contributed by atoms with van der Waals surface area (Å²) in [6.45, 7) is 11.0. The van der Waals surface area contributed by atoms with Gasteiger partial charge in [0.25, 0.3) is 0 Å². The molecule has 20 heavy (non-hydrogen) atoms. The third kappa shape index (κ3) is 6.52. The molecule has 5 nitrogen and oxygen atoms in total. The van der Waals surface area contributed by atoms with Crippen molar-refractivity contribution in [1.29, 1.82) is 0 Å². The van der Waals surface area contributed by atoms with E-state index >= 15 is 0 Å². The molecule has 0 spiro atoms. The van der Waals surface area contributed by atoms with Crippen molar-refractivity contribution < 1.29 is 8.42 Å². The molecule has 6 heteroatoms. The van der Waals surface area contributed by atoms with Gasteiger partial charge in [-0.05, 0) is 25.8 Å². The summed E-state index contributed by atoms with van der Waals surface area (Å²) in [5.41, 5.74) is 0. The molecule has 1 unspecified atom stereocenters. The van der Waals surface area contributed by atoms with Gasteiger partial charge in [0, 0.05) is 38.8 Å². The zero-order chi connectivity index (χ0) is 15.2. The van der Waals surface area contributed by atoms with Gasteiger partial charge in [-0.25, -0.2) is 13.1 Å². The molecule has 0 aliphatic carbocycles. The first-order chi connectivity index (χ1) is 9.34. The minimum atomic E-state index is -3.10. The van der Waals surface area contributed by atoms with Gasteiger partial charge in [-0.1, -0.05) is 20.8 Å². The topological polar surface area (TPSA) is 52.7 Å². The first-order valence-electron chi connectivity index (χ1n) is 7.74. The van der Waals surface area contributed by atoms with Crippen LogP contribution in [0.1, 0.15) is 33.6 Å². The summed E-state index contributed by atoms with van der Waals surface area (Å²) in [6.07, 6.45) is 1.71. The van der Waals surface area contributed by atoms with Crippen molar-refractivity contribution >= 4 is 10.0 Å². The highest BCUT2D eigenvalue weighted by Gasteiger charge is 2.24. The van der Waals surface area contributed by atoms with Crippen LogP contribution >= 0.6 is 0 Å². The van der Waals surface area contributed by atoms with Crippen LogP contribution in [0.15, 0.2) is 0 Å². The van der Waals surface area contributed by atoms with Crippen molar-refractivity contribution in [3.63, 3.8) is 0 Å². The molecular weight excluding hydrogens is 274 g/mol. The van der Waals surface area contributed by atoms with E-state index in [-0.39, 0.29) is 5.75 Å². The molecular formula is C14H31N3O2S. The van der Waals surface area contributed by atoms with Crippen LogP contribution in [0.5, 0.6) is 0 Å². The van der Waals surface area contributed by atoms with Gasteiger partial charge in [-0.15, -0.1) is 0 Å². The fourth-order valence-corrected chi connectivity index (χ4v) is 3.78. The first kappa shape index (κ1) is 17.9.